The minimum Gasteiger partial charge on any atom is -0.343 e. The van der Waals surface area contributed by atoms with Crippen LogP contribution >= 0.6 is 12.4 Å². The van der Waals surface area contributed by atoms with Crippen LogP contribution in [0.4, 0.5) is 8.78 Å². The van der Waals surface area contributed by atoms with Crippen molar-refractivity contribution < 1.29 is 22.0 Å². The van der Waals surface area contributed by atoms with Crippen molar-refractivity contribution in [3.05, 3.63) is 29.8 Å². The van der Waals surface area contributed by atoms with Crippen molar-refractivity contribution >= 4 is 28.3 Å². The number of nitrogens with zero attached hydrogens (tertiary/aromatic N) is 1. The number of carbonyl (C=O) groups excluding carboxylic acids is 1. The van der Waals surface area contributed by atoms with E-state index >= 15 is 0 Å². The average molecular weight is 398 g/mol. The maximum atomic E-state index is 13.1. The highest BCUT2D eigenvalue weighted by Gasteiger charge is 2.43. The van der Waals surface area contributed by atoms with Gasteiger partial charge in [-0.05, 0) is 19.1 Å². The maximum absolute atomic E-state index is 13.1. The Morgan fingerprint density at radius 2 is 1.96 bits per heavy atom. The summed E-state index contributed by atoms with van der Waals surface area (Å²) in [6.07, 6.45) is -0.536. The Balaban J connectivity index is 0.00000312. The monoisotopic (exact) mass is 397 g/mol. The number of sulfonamides is 1. The van der Waals surface area contributed by atoms with E-state index in [2.05, 4.69) is 10.0 Å². The van der Waals surface area contributed by atoms with Crippen LogP contribution in [0.3, 0.4) is 0 Å². The topological polar surface area (TPSA) is 78.5 Å². The molecule has 0 aliphatic carbocycles. The zero-order chi connectivity index (χ0) is 18.0. The Kier molecular flexibility index (Phi) is 7.30. The number of aryl methyl sites for hydroxylation is 1. The molecule has 1 aromatic carbocycles. The molecule has 1 amide bonds. The van der Waals surface area contributed by atoms with Gasteiger partial charge in [0, 0.05) is 26.6 Å². The maximum Gasteiger partial charge on any atom is 0.262 e. The molecule has 1 atom stereocenters. The lowest BCUT2D eigenvalue weighted by atomic mass is 10.2. The van der Waals surface area contributed by atoms with E-state index in [-0.39, 0.29) is 30.4 Å². The van der Waals surface area contributed by atoms with Gasteiger partial charge in [0.15, 0.2) is 0 Å². The number of carbonyl (C=O) groups is 1. The molecule has 6 nitrogen and oxygen atoms in total. The largest absolute Gasteiger partial charge is 0.343 e. The van der Waals surface area contributed by atoms with Crippen LogP contribution < -0.4 is 10.0 Å². The smallest absolute Gasteiger partial charge is 0.262 e. The lowest BCUT2D eigenvalue weighted by Crippen LogP contribution is -2.44. The molecule has 1 heterocycles. The van der Waals surface area contributed by atoms with Crippen molar-refractivity contribution in [3.63, 3.8) is 0 Å². The van der Waals surface area contributed by atoms with E-state index in [9.17, 15) is 22.0 Å². The molecule has 142 valence electrons. The van der Waals surface area contributed by atoms with Gasteiger partial charge in [0.05, 0.1) is 17.5 Å². The lowest BCUT2D eigenvalue weighted by Gasteiger charge is -2.21. The van der Waals surface area contributed by atoms with Crippen molar-refractivity contribution in [1.82, 2.24) is 14.9 Å². The standard InChI is InChI=1S/C15H21F2N3O3S.ClH/c1-11-3-5-12(6-4-11)24(22,23)19-7-8-20(2)14(21)13-9-15(16,17)10-18-13;/h3-6,13,18-19H,7-10H2,1-2H3;1H. The van der Waals surface area contributed by atoms with Gasteiger partial charge >= 0.3 is 0 Å². The van der Waals surface area contributed by atoms with Gasteiger partial charge in [0.25, 0.3) is 5.92 Å². The van der Waals surface area contributed by atoms with Crippen LogP contribution in [0.15, 0.2) is 29.2 Å². The van der Waals surface area contributed by atoms with E-state index in [4.69, 9.17) is 0 Å². The molecule has 0 radical (unpaired) electrons. The minimum atomic E-state index is -3.66. The van der Waals surface area contributed by atoms with Crippen LogP contribution in [0.5, 0.6) is 0 Å². The van der Waals surface area contributed by atoms with E-state index in [1.807, 2.05) is 6.92 Å². The predicted octanol–water partition coefficient (Wildman–Crippen LogP) is 1.15. The molecule has 0 bridgehead atoms. The molecule has 0 spiro atoms. The van der Waals surface area contributed by atoms with Gasteiger partial charge in [-0.15, -0.1) is 12.4 Å². The van der Waals surface area contributed by atoms with E-state index < -0.39 is 40.9 Å². The summed E-state index contributed by atoms with van der Waals surface area (Å²) in [5, 5.41) is 2.49. The first-order valence-corrected chi connectivity index (χ1v) is 9.02. The molecular formula is C15H22ClF2N3O3S. The number of hydrogen-bond donors (Lipinski definition) is 2. The summed E-state index contributed by atoms with van der Waals surface area (Å²) in [5.41, 5.74) is 0.945. The van der Waals surface area contributed by atoms with Crippen molar-refractivity contribution in [3.8, 4) is 0 Å². The third-order valence-electron chi connectivity index (χ3n) is 3.85. The van der Waals surface area contributed by atoms with E-state index in [0.29, 0.717) is 0 Å². The Morgan fingerprint density at radius 1 is 1.36 bits per heavy atom. The molecule has 2 rings (SSSR count). The third kappa shape index (κ3) is 5.88. The molecule has 25 heavy (non-hydrogen) atoms. The summed E-state index contributed by atoms with van der Waals surface area (Å²) in [6.45, 7) is 1.43. The van der Waals surface area contributed by atoms with Crippen molar-refractivity contribution in [2.24, 2.45) is 0 Å². The summed E-state index contributed by atoms with van der Waals surface area (Å²) in [5.74, 6) is -3.35. The van der Waals surface area contributed by atoms with Crippen molar-refractivity contribution in [2.75, 3.05) is 26.7 Å². The zero-order valence-electron chi connectivity index (χ0n) is 14.0. The molecule has 1 aliphatic heterocycles. The fraction of sp³-hybridized carbons (Fsp3) is 0.533. The Bertz CT molecular complexity index is 698. The van der Waals surface area contributed by atoms with Gasteiger partial charge in [0.2, 0.25) is 15.9 Å². The number of hydrogen-bond acceptors (Lipinski definition) is 4. The molecule has 1 aliphatic rings. The number of nitrogens with one attached hydrogen (secondary N) is 2. The first-order valence-electron chi connectivity index (χ1n) is 7.53. The number of amides is 1. The van der Waals surface area contributed by atoms with Gasteiger partial charge in [-0.2, -0.15) is 0 Å². The molecule has 10 heteroatoms. The second-order valence-electron chi connectivity index (χ2n) is 5.96. The van der Waals surface area contributed by atoms with Gasteiger partial charge < -0.3 is 4.90 Å². The number of benzene rings is 1. The number of halogens is 3. The summed E-state index contributed by atoms with van der Waals surface area (Å²) >= 11 is 0. The molecule has 1 unspecified atom stereocenters. The Labute approximate surface area is 152 Å². The van der Waals surface area contributed by atoms with Crippen LogP contribution in [0, 0.1) is 6.92 Å². The Hall–Kier alpha value is -1.29. The van der Waals surface area contributed by atoms with Crippen LogP contribution in [0.25, 0.3) is 0 Å². The Morgan fingerprint density at radius 3 is 2.48 bits per heavy atom. The quantitative estimate of drug-likeness (QED) is 0.754. The van der Waals surface area contributed by atoms with Crippen LogP contribution in [-0.4, -0.2) is 57.9 Å². The van der Waals surface area contributed by atoms with E-state index in [0.717, 1.165) is 5.56 Å². The van der Waals surface area contributed by atoms with Gasteiger partial charge in [-0.1, -0.05) is 17.7 Å². The molecule has 1 fully saturated rings. The predicted molar refractivity (Wildman–Crippen MR) is 92.6 cm³/mol. The summed E-state index contributed by atoms with van der Waals surface area (Å²) in [4.78, 5) is 13.4. The van der Waals surface area contributed by atoms with E-state index in [1.54, 1.807) is 12.1 Å². The first kappa shape index (κ1) is 21.8. The molecule has 1 saturated heterocycles. The third-order valence-corrected chi connectivity index (χ3v) is 5.33. The molecule has 0 aromatic heterocycles. The number of likely N-dealkylation sites (N-methyl/N-ethyl adjacent to an activating group) is 1. The van der Waals surface area contributed by atoms with Crippen LogP contribution in [0.1, 0.15) is 12.0 Å². The molecular weight excluding hydrogens is 376 g/mol. The SMILES string of the molecule is Cc1ccc(S(=O)(=O)NCCN(C)C(=O)C2CC(F)(F)CN2)cc1.Cl. The summed E-state index contributed by atoms with van der Waals surface area (Å²) in [7, 11) is -2.20. The summed E-state index contributed by atoms with van der Waals surface area (Å²) < 4.78 is 52.9. The van der Waals surface area contributed by atoms with Crippen LogP contribution in [-0.2, 0) is 14.8 Å². The van der Waals surface area contributed by atoms with Crippen LogP contribution in [0.2, 0.25) is 0 Å². The average Bonchev–Trinajstić information content (AvgIpc) is 2.86. The van der Waals surface area contributed by atoms with Gasteiger partial charge in [0.1, 0.15) is 0 Å². The summed E-state index contributed by atoms with van der Waals surface area (Å²) in [6, 6.07) is 5.44. The zero-order valence-corrected chi connectivity index (χ0v) is 15.6. The van der Waals surface area contributed by atoms with Crippen molar-refractivity contribution in [1.29, 1.82) is 0 Å². The fourth-order valence-corrected chi connectivity index (χ4v) is 3.44. The first-order chi connectivity index (χ1) is 11.1. The number of alkyl halides is 2. The lowest BCUT2D eigenvalue weighted by molar-refractivity contribution is -0.132. The highest BCUT2D eigenvalue weighted by atomic mass is 35.5. The normalized spacial score (nSPS) is 19.3. The van der Waals surface area contributed by atoms with Crippen molar-refractivity contribution in [2.45, 2.75) is 30.2 Å². The highest BCUT2D eigenvalue weighted by Crippen LogP contribution is 2.25. The molecule has 0 saturated carbocycles. The highest BCUT2D eigenvalue weighted by molar-refractivity contribution is 7.89. The molecule has 1 aromatic rings. The molecule has 2 N–H and O–H groups in total. The number of rotatable bonds is 6. The fourth-order valence-electron chi connectivity index (χ4n) is 2.41. The second-order valence-corrected chi connectivity index (χ2v) is 7.73. The van der Waals surface area contributed by atoms with E-state index in [1.165, 1.54) is 24.1 Å². The van der Waals surface area contributed by atoms with Gasteiger partial charge in [-0.25, -0.2) is 21.9 Å². The second kappa shape index (κ2) is 8.39. The van der Waals surface area contributed by atoms with Gasteiger partial charge in [-0.3, -0.25) is 10.1 Å². The minimum absolute atomic E-state index is 0.